The predicted octanol–water partition coefficient (Wildman–Crippen LogP) is 5.22. The van der Waals surface area contributed by atoms with Gasteiger partial charge in [-0.15, -0.1) is 22.7 Å². The van der Waals surface area contributed by atoms with E-state index in [0.29, 0.717) is 28.5 Å². The molecule has 0 N–H and O–H groups in total. The molecule has 0 aliphatic rings. The highest BCUT2D eigenvalue weighted by atomic mass is 32.2. The zero-order chi connectivity index (χ0) is 21.8. The monoisotopic (exact) mass is 469 g/mol. The minimum atomic E-state index is -0.0301. The van der Waals surface area contributed by atoms with Crippen molar-refractivity contribution in [1.29, 1.82) is 0 Å². The van der Waals surface area contributed by atoms with Crippen LogP contribution in [0.2, 0.25) is 0 Å². The summed E-state index contributed by atoms with van der Waals surface area (Å²) in [6.45, 7) is 5.12. The number of thiophene rings is 2. The summed E-state index contributed by atoms with van der Waals surface area (Å²) >= 11 is 4.43. The molecule has 5 nitrogen and oxygen atoms in total. The highest BCUT2D eigenvalue weighted by molar-refractivity contribution is 7.99. The molecule has 0 unspecified atom stereocenters. The third-order valence-corrected chi connectivity index (χ3v) is 7.74. The summed E-state index contributed by atoms with van der Waals surface area (Å²) in [6, 6.07) is 13.9. The van der Waals surface area contributed by atoms with Crippen molar-refractivity contribution in [2.24, 2.45) is 0 Å². The lowest BCUT2D eigenvalue weighted by molar-refractivity contribution is -0.116. The molecular formula is C23H23N3O2S3. The largest absolute Gasteiger partial charge is 0.312 e. The number of aryl methyl sites for hydroxylation is 2. The number of rotatable bonds is 8. The molecule has 4 aromatic rings. The maximum absolute atomic E-state index is 13.1. The minimum absolute atomic E-state index is 0.00238. The molecule has 160 valence electrons. The van der Waals surface area contributed by atoms with Crippen molar-refractivity contribution in [3.05, 3.63) is 74.0 Å². The fraction of sp³-hybridized carbons (Fsp3) is 0.261. The number of anilines is 1. The zero-order valence-electron chi connectivity index (χ0n) is 17.4. The van der Waals surface area contributed by atoms with E-state index in [4.69, 9.17) is 4.98 Å². The van der Waals surface area contributed by atoms with E-state index >= 15 is 0 Å². The van der Waals surface area contributed by atoms with Gasteiger partial charge in [0.05, 0.1) is 11.3 Å². The number of carbonyl (C=O) groups is 1. The molecule has 0 atom stereocenters. The van der Waals surface area contributed by atoms with E-state index < -0.39 is 0 Å². The van der Waals surface area contributed by atoms with Gasteiger partial charge in [0.1, 0.15) is 4.70 Å². The molecule has 0 bridgehead atoms. The van der Waals surface area contributed by atoms with E-state index in [1.165, 1.54) is 28.0 Å². The third-order valence-electron chi connectivity index (χ3n) is 4.95. The first kappa shape index (κ1) is 21.8. The van der Waals surface area contributed by atoms with Gasteiger partial charge in [-0.1, -0.05) is 30.0 Å². The molecule has 0 fully saturated rings. The van der Waals surface area contributed by atoms with Gasteiger partial charge in [0.25, 0.3) is 5.56 Å². The molecule has 0 aliphatic carbocycles. The Labute approximate surface area is 193 Å². The SMILES string of the molecule is CCN(C(=O)CSc1nc2ccsc2c(=O)n1CCc1cccs1)c1cccc(C)c1. The van der Waals surface area contributed by atoms with Gasteiger partial charge in [-0.25, -0.2) is 4.98 Å². The Morgan fingerprint density at radius 2 is 2.03 bits per heavy atom. The Morgan fingerprint density at radius 1 is 1.16 bits per heavy atom. The number of hydrogen-bond donors (Lipinski definition) is 0. The van der Waals surface area contributed by atoms with Gasteiger partial charge in [-0.05, 0) is 60.9 Å². The van der Waals surface area contributed by atoms with Crippen LogP contribution in [-0.2, 0) is 17.8 Å². The Bertz CT molecular complexity index is 1240. The molecule has 4 rings (SSSR count). The maximum atomic E-state index is 13.1. The number of benzene rings is 1. The van der Waals surface area contributed by atoms with Crippen molar-refractivity contribution in [2.45, 2.75) is 32.0 Å². The summed E-state index contributed by atoms with van der Waals surface area (Å²) in [6.07, 6.45) is 0.766. The lowest BCUT2D eigenvalue weighted by atomic mass is 10.2. The predicted molar refractivity (Wildman–Crippen MR) is 132 cm³/mol. The number of fused-ring (bicyclic) bond motifs is 1. The quantitative estimate of drug-likeness (QED) is 0.262. The molecule has 0 saturated carbocycles. The Balaban J connectivity index is 1.57. The van der Waals surface area contributed by atoms with Crippen molar-refractivity contribution in [3.8, 4) is 0 Å². The number of carbonyl (C=O) groups excluding carboxylic acids is 1. The fourth-order valence-electron chi connectivity index (χ4n) is 3.41. The summed E-state index contributed by atoms with van der Waals surface area (Å²) in [4.78, 5) is 33.8. The molecule has 3 aromatic heterocycles. The summed E-state index contributed by atoms with van der Waals surface area (Å²) in [5, 5.41) is 4.53. The van der Waals surface area contributed by atoms with E-state index in [9.17, 15) is 9.59 Å². The fourth-order valence-corrected chi connectivity index (χ4v) is 5.79. The molecule has 3 heterocycles. The van der Waals surface area contributed by atoms with Gasteiger partial charge >= 0.3 is 0 Å². The van der Waals surface area contributed by atoms with Crippen LogP contribution in [0.25, 0.3) is 10.2 Å². The van der Waals surface area contributed by atoms with Crippen molar-refractivity contribution in [1.82, 2.24) is 9.55 Å². The lowest BCUT2D eigenvalue weighted by Gasteiger charge is -2.21. The van der Waals surface area contributed by atoms with Crippen LogP contribution in [0.1, 0.15) is 17.4 Å². The Kier molecular flexibility index (Phi) is 6.89. The average Bonchev–Trinajstić information content (AvgIpc) is 3.44. The molecule has 0 spiro atoms. The van der Waals surface area contributed by atoms with Gasteiger partial charge in [0.2, 0.25) is 5.91 Å². The van der Waals surface area contributed by atoms with Gasteiger partial charge < -0.3 is 4.90 Å². The van der Waals surface area contributed by atoms with E-state index in [-0.39, 0.29) is 17.2 Å². The second-order valence-corrected chi connectivity index (χ2v) is 9.97. The van der Waals surface area contributed by atoms with E-state index in [2.05, 4.69) is 6.07 Å². The van der Waals surface area contributed by atoms with Crippen molar-refractivity contribution in [2.75, 3.05) is 17.2 Å². The number of hydrogen-bond acceptors (Lipinski definition) is 6. The molecule has 1 aromatic carbocycles. The van der Waals surface area contributed by atoms with Crippen LogP contribution in [0.3, 0.4) is 0 Å². The standard InChI is InChI=1S/C23H23N3O2S3/c1-3-25(17-7-4-6-16(2)14-17)20(27)15-31-23-24-19-10-13-30-21(19)22(28)26(23)11-9-18-8-5-12-29-18/h4-8,10,12-14H,3,9,11,15H2,1-2H3. The lowest BCUT2D eigenvalue weighted by Crippen LogP contribution is -2.32. The molecule has 1 amide bonds. The zero-order valence-corrected chi connectivity index (χ0v) is 19.9. The maximum Gasteiger partial charge on any atom is 0.272 e. The molecule has 0 aliphatic heterocycles. The third kappa shape index (κ3) is 4.92. The Morgan fingerprint density at radius 3 is 2.77 bits per heavy atom. The van der Waals surface area contributed by atoms with Gasteiger partial charge in [-0.2, -0.15) is 0 Å². The number of thioether (sulfide) groups is 1. The van der Waals surface area contributed by atoms with Crippen LogP contribution >= 0.6 is 34.4 Å². The van der Waals surface area contributed by atoms with Crippen LogP contribution in [0, 0.1) is 6.92 Å². The van der Waals surface area contributed by atoms with Crippen LogP contribution in [-0.4, -0.2) is 27.8 Å². The average molecular weight is 470 g/mol. The van der Waals surface area contributed by atoms with E-state index in [1.54, 1.807) is 20.8 Å². The highest BCUT2D eigenvalue weighted by Crippen LogP contribution is 2.23. The highest BCUT2D eigenvalue weighted by Gasteiger charge is 2.18. The van der Waals surface area contributed by atoms with Crippen molar-refractivity contribution < 1.29 is 4.79 Å². The second-order valence-electron chi connectivity index (χ2n) is 7.08. The first-order valence-electron chi connectivity index (χ1n) is 10.1. The van der Waals surface area contributed by atoms with Crippen molar-refractivity contribution in [3.63, 3.8) is 0 Å². The first-order chi connectivity index (χ1) is 15.1. The molecule has 0 radical (unpaired) electrons. The molecular weight excluding hydrogens is 446 g/mol. The van der Waals surface area contributed by atoms with Crippen LogP contribution < -0.4 is 10.5 Å². The van der Waals surface area contributed by atoms with Gasteiger partial charge in [0, 0.05) is 23.7 Å². The summed E-state index contributed by atoms with van der Waals surface area (Å²) in [7, 11) is 0. The molecule has 8 heteroatoms. The summed E-state index contributed by atoms with van der Waals surface area (Å²) in [5.41, 5.74) is 2.67. The normalized spacial score (nSPS) is 11.2. The number of nitrogens with zero attached hydrogens (tertiary/aromatic N) is 3. The molecule has 31 heavy (non-hydrogen) atoms. The topological polar surface area (TPSA) is 55.2 Å². The van der Waals surface area contributed by atoms with E-state index in [1.807, 2.05) is 61.0 Å². The summed E-state index contributed by atoms with van der Waals surface area (Å²) in [5.74, 6) is 0.227. The first-order valence-corrected chi connectivity index (χ1v) is 12.8. The van der Waals surface area contributed by atoms with Crippen LogP contribution in [0.4, 0.5) is 5.69 Å². The minimum Gasteiger partial charge on any atom is -0.312 e. The van der Waals surface area contributed by atoms with Gasteiger partial charge in [0.15, 0.2) is 5.16 Å². The van der Waals surface area contributed by atoms with Gasteiger partial charge in [-0.3, -0.25) is 14.2 Å². The smallest absolute Gasteiger partial charge is 0.272 e. The Hall–Kier alpha value is -2.42. The van der Waals surface area contributed by atoms with Crippen molar-refractivity contribution >= 4 is 56.2 Å². The summed E-state index contributed by atoms with van der Waals surface area (Å²) < 4.78 is 2.39. The van der Waals surface area contributed by atoms with Crippen LogP contribution in [0.5, 0.6) is 0 Å². The number of amides is 1. The van der Waals surface area contributed by atoms with Crippen LogP contribution in [0.15, 0.2) is 63.2 Å². The number of aromatic nitrogens is 2. The molecule has 0 saturated heterocycles. The van der Waals surface area contributed by atoms with E-state index in [0.717, 1.165) is 17.7 Å². The second kappa shape index (κ2) is 9.80.